The first kappa shape index (κ1) is 20.1. The zero-order chi connectivity index (χ0) is 20.1. The molecular formula is C20H26N4O3S. The van der Waals surface area contributed by atoms with Gasteiger partial charge in [-0.05, 0) is 30.5 Å². The number of nitrogens with one attached hydrogen (secondary N) is 1. The van der Waals surface area contributed by atoms with Gasteiger partial charge in [-0.25, -0.2) is 9.78 Å². The lowest BCUT2D eigenvalue weighted by Gasteiger charge is -2.33. The Morgan fingerprint density at radius 3 is 2.75 bits per heavy atom. The molecule has 1 N–H and O–H groups in total. The van der Waals surface area contributed by atoms with E-state index in [9.17, 15) is 9.59 Å². The van der Waals surface area contributed by atoms with E-state index in [4.69, 9.17) is 4.74 Å². The number of rotatable bonds is 5. The molecule has 8 heteroatoms. The molecule has 0 radical (unpaired) electrons. The van der Waals surface area contributed by atoms with Crippen LogP contribution in [0.4, 0.5) is 9.93 Å². The van der Waals surface area contributed by atoms with Crippen LogP contribution in [0.5, 0.6) is 5.75 Å². The van der Waals surface area contributed by atoms with Crippen molar-refractivity contribution >= 4 is 28.4 Å². The summed E-state index contributed by atoms with van der Waals surface area (Å²) in [6, 6.07) is 7.87. The van der Waals surface area contributed by atoms with Crippen molar-refractivity contribution < 1.29 is 14.3 Å². The Balaban J connectivity index is 1.56. The van der Waals surface area contributed by atoms with Crippen LogP contribution in [0.15, 0.2) is 30.5 Å². The third-order valence-corrected chi connectivity index (χ3v) is 5.68. The third kappa shape index (κ3) is 5.01. The lowest BCUT2D eigenvalue weighted by atomic mass is 9.97. The number of nitrogens with zero attached hydrogens (tertiary/aromatic N) is 3. The van der Waals surface area contributed by atoms with Crippen LogP contribution >= 0.6 is 11.3 Å². The highest BCUT2D eigenvalue weighted by atomic mass is 32.1. The van der Waals surface area contributed by atoms with E-state index >= 15 is 0 Å². The lowest BCUT2D eigenvalue weighted by molar-refractivity contribution is -0.121. The molecule has 1 aliphatic rings. The summed E-state index contributed by atoms with van der Waals surface area (Å²) in [4.78, 5) is 33.5. The number of thiazole rings is 1. The highest BCUT2D eigenvalue weighted by molar-refractivity contribution is 7.15. The number of hydrogen-bond acceptors (Lipinski definition) is 5. The van der Waals surface area contributed by atoms with Crippen LogP contribution in [0, 0.1) is 5.92 Å². The molecule has 1 fully saturated rings. The van der Waals surface area contributed by atoms with Crippen LogP contribution < -0.4 is 10.1 Å². The van der Waals surface area contributed by atoms with Crippen molar-refractivity contribution in [1.82, 2.24) is 14.8 Å². The Kier molecular flexibility index (Phi) is 6.51. The zero-order valence-electron chi connectivity index (χ0n) is 16.5. The van der Waals surface area contributed by atoms with Gasteiger partial charge in [-0.3, -0.25) is 4.79 Å². The summed E-state index contributed by atoms with van der Waals surface area (Å²) < 4.78 is 5.18. The van der Waals surface area contributed by atoms with Gasteiger partial charge in [-0.1, -0.05) is 12.1 Å². The first-order valence-electron chi connectivity index (χ1n) is 9.31. The summed E-state index contributed by atoms with van der Waals surface area (Å²) in [6.45, 7) is 1.15. The number of aromatic nitrogens is 1. The fourth-order valence-electron chi connectivity index (χ4n) is 3.25. The normalized spacial score (nSPS) is 16.5. The fourth-order valence-corrected chi connectivity index (χ4v) is 4.10. The van der Waals surface area contributed by atoms with Crippen LogP contribution in [0.3, 0.4) is 0 Å². The van der Waals surface area contributed by atoms with Crippen molar-refractivity contribution in [1.29, 1.82) is 0 Å². The van der Waals surface area contributed by atoms with Gasteiger partial charge in [-0.15, -0.1) is 11.3 Å². The number of amides is 3. The molecule has 0 unspecified atom stereocenters. The molecule has 1 saturated heterocycles. The average molecular weight is 403 g/mol. The standard InChI is InChI=1S/C20H26N4O3S/c1-23(2)20(26)24-10-4-5-15(13-24)18(25)22-19-21-12-17(28-19)11-14-6-8-16(27-3)9-7-14/h6-9,12,15H,4-5,10-11,13H2,1-3H3,(H,21,22,25)/t15-/m0/s1. The van der Waals surface area contributed by atoms with Gasteiger partial charge in [0.05, 0.1) is 13.0 Å². The van der Waals surface area contributed by atoms with Crippen LogP contribution in [0.1, 0.15) is 23.3 Å². The SMILES string of the molecule is COc1ccc(Cc2cnc(NC(=O)[C@H]3CCCN(C(=O)N(C)C)C3)s2)cc1. The number of ether oxygens (including phenoxy) is 1. The molecular weight excluding hydrogens is 376 g/mol. The monoisotopic (exact) mass is 402 g/mol. The van der Waals surface area contributed by atoms with E-state index in [1.807, 2.05) is 24.3 Å². The van der Waals surface area contributed by atoms with Crippen LogP contribution in [0.25, 0.3) is 0 Å². The number of piperidine rings is 1. The Morgan fingerprint density at radius 2 is 2.07 bits per heavy atom. The van der Waals surface area contributed by atoms with Crippen LogP contribution in [-0.2, 0) is 11.2 Å². The Morgan fingerprint density at radius 1 is 1.32 bits per heavy atom. The van der Waals surface area contributed by atoms with E-state index in [2.05, 4.69) is 10.3 Å². The van der Waals surface area contributed by atoms with E-state index in [-0.39, 0.29) is 17.9 Å². The van der Waals surface area contributed by atoms with Crippen molar-refractivity contribution in [3.63, 3.8) is 0 Å². The smallest absolute Gasteiger partial charge is 0.319 e. The Bertz CT molecular complexity index is 819. The maximum absolute atomic E-state index is 12.6. The third-order valence-electron chi connectivity index (χ3n) is 4.77. The number of anilines is 1. The molecule has 150 valence electrons. The molecule has 0 bridgehead atoms. The summed E-state index contributed by atoms with van der Waals surface area (Å²) in [7, 11) is 5.10. The second-order valence-corrected chi connectivity index (χ2v) is 8.22. The van der Waals surface area contributed by atoms with E-state index in [0.29, 0.717) is 18.2 Å². The maximum atomic E-state index is 12.6. The van der Waals surface area contributed by atoms with Gasteiger partial charge in [0.1, 0.15) is 5.75 Å². The predicted molar refractivity (Wildman–Crippen MR) is 110 cm³/mol. The predicted octanol–water partition coefficient (Wildman–Crippen LogP) is 3.07. The first-order chi connectivity index (χ1) is 13.5. The molecule has 0 spiro atoms. The number of urea groups is 1. The van der Waals surface area contributed by atoms with Crippen LogP contribution in [-0.4, -0.2) is 61.0 Å². The molecule has 2 aromatic rings. The lowest BCUT2D eigenvalue weighted by Crippen LogP contribution is -2.47. The molecule has 28 heavy (non-hydrogen) atoms. The molecule has 2 heterocycles. The summed E-state index contributed by atoms with van der Waals surface area (Å²) in [6.07, 6.45) is 4.17. The van der Waals surface area contributed by atoms with Gasteiger partial charge < -0.3 is 19.9 Å². The fraction of sp³-hybridized carbons (Fsp3) is 0.450. The minimum absolute atomic E-state index is 0.0477. The topological polar surface area (TPSA) is 74.8 Å². The number of likely N-dealkylation sites (tertiary alicyclic amines) is 1. The van der Waals surface area contributed by atoms with E-state index < -0.39 is 0 Å². The van der Waals surface area contributed by atoms with Gasteiger partial charge in [0, 0.05) is 44.7 Å². The van der Waals surface area contributed by atoms with Gasteiger partial charge in [0.25, 0.3) is 0 Å². The molecule has 1 aromatic heterocycles. The quantitative estimate of drug-likeness (QED) is 0.834. The van der Waals surface area contributed by atoms with E-state index in [0.717, 1.165) is 35.5 Å². The van der Waals surface area contributed by atoms with Gasteiger partial charge in [0.2, 0.25) is 5.91 Å². The Hall–Kier alpha value is -2.61. The maximum Gasteiger partial charge on any atom is 0.319 e. The minimum atomic E-state index is -0.202. The van der Waals surface area contributed by atoms with Crippen molar-refractivity contribution in [3.8, 4) is 5.75 Å². The molecule has 3 rings (SSSR count). The molecule has 3 amide bonds. The minimum Gasteiger partial charge on any atom is -0.497 e. The van der Waals surface area contributed by atoms with Crippen molar-refractivity contribution in [2.75, 3.05) is 39.6 Å². The van der Waals surface area contributed by atoms with Crippen molar-refractivity contribution in [2.45, 2.75) is 19.3 Å². The number of carbonyl (C=O) groups is 2. The van der Waals surface area contributed by atoms with Crippen LogP contribution in [0.2, 0.25) is 0 Å². The molecule has 0 aliphatic carbocycles. The molecule has 1 aromatic carbocycles. The molecule has 7 nitrogen and oxygen atoms in total. The average Bonchev–Trinajstić information content (AvgIpc) is 3.14. The molecule has 1 aliphatic heterocycles. The number of hydrogen-bond donors (Lipinski definition) is 1. The van der Waals surface area contributed by atoms with Gasteiger partial charge in [0.15, 0.2) is 5.13 Å². The Labute approximate surface area is 169 Å². The van der Waals surface area contributed by atoms with Crippen molar-refractivity contribution in [2.24, 2.45) is 5.92 Å². The largest absolute Gasteiger partial charge is 0.497 e. The summed E-state index contributed by atoms with van der Waals surface area (Å²) in [5, 5.41) is 3.52. The molecule has 1 atom stereocenters. The molecule has 0 saturated carbocycles. The van der Waals surface area contributed by atoms with Crippen molar-refractivity contribution in [3.05, 3.63) is 40.9 Å². The summed E-state index contributed by atoms with van der Waals surface area (Å²) in [5.74, 6) is 0.559. The first-order valence-corrected chi connectivity index (χ1v) is 10.1. The second kappa shape index (κ2) is 9.05. The number of carbonyl (C=O) groups excluding carboxylic acids is 2. The summed E-state index contributed by atoms with van der Waals surface area (Å²) >= 11 is 1.48. The number of benzene rings is 1. The second-order valence-electron chi connectivity index (χ2n) is 7.11. The highest BCUT2D eigenvalue weighted by Crippen LogP contribution is 2.24. The van der Waals surface area contributed by atoms with E-state index in [1.165, 1.54) is 11.3 Å². The summed E-state index contributed by atoms with van der Waals surface area (Å²) in [5.41, 5.74) is 1.16. The van der Waals surface area contributed by atoms with E-state index in [1.54, 1.807) is 37.2 Å². The zero-order valence-corrected chi connectivity index (χ0v) is 17.3. The number of methoxy groups -OCH3 is 1. The van der Waals surface area contributed by atoms with Gasteiger partial charge in [-0.2, -0.15) is 0 Å². The highest BCUT2D eigenvalue weighted by Gasteiger charge is 2.29. The van der Waals surface area contributed by atoms with Gasteiger partial charge >= 0.3 is 6.03 Å².